The van der Waals surface area contributed by atoms with E-state index < -0.39 is 12.0 Å². The number of allylic oxidation sites excluding steroid dienone is 2. The Morgan fingerprint density at radius 3 is 2.90 bits per heavy atom. The number of aliphatic carboxylic acids is 1. The van der Waals surface area contributed by atoms with Crippen LogP contribution >= 0.6 is 23.5 Å². The Hall–Kier alpha value is -1.38. The molecule has 0 unspecified atom stereocenters. The number of carboxylic acids is 1. The van der Waals surface area contributed by atoms with E-state index in [1.807, 2.05) is 19.3 Å². The number of thioether (sulfide) groups is 2. The minimum atomic E-state index is -1.08. The van der Waals surface area contributed by atoms with Gasteiger partial charge in [0.2, 0.25) is 5.91 Å². The molecule has 3 N–H and O–H groups in total. The first-order valence-corrected chi connectivity index (χ1v) is 8.42. The van der Waals surface area contributed by atoms with E-state index in [1.54, 1.807) is 17.8 Å². The molecule has 3 heterocycles. The van der Waals surface area contributed by atoms with E-state index in [9.17, 15) is 14.7 Å². The van der Waals surface area contributed by atoms with E-state index in [-0.39, 0.29) is 17.0 Å². The van der Waals surface area contributed by atoms with Gasteiger partial charge in [0.05, 0.1) is 5.88 Å². The Morgan fingerprint density at radius 2 is 2.29 bits per heavy atom. The van der Waals surface area contributed by atoms with Crippen molar-refractivity contribution in [3.63, 3.8) is 0 Å². The average Bonchev–Trinajstić information content (AvgIpc) is 2.88. The highest BCUT2D eigenvalue weighted by Gasteiger charge is 2.51. The summed E-state index contributed by atoms with van der Waals surface area (Å²) in [6.07, 6.45) is 5.70. The molecule has 2 atom stereocenters. The summed E-state index contributed by atoms with van der Waals surface area (Å²) < 4.78 is 0. The molecule has 6 nitrogen and oxygen atoms in total. The first-order chi connectivity index (χ1) is 9.99. The first-order valence-electron chi connectivity index (χ1n) is 6.38. The zero-order valence-electron chi connectivity index (χ0n) is 11.4. The van der Waals surface area contributed by atoms with Crippen LogP contribution in [0.2, 0.25) is 0 Å². The van der Waals surface area contributed by atoms with Crippen molar-refractivity contribution in [3.05, 3.63) is 34.5 Å². The molecular weight excluding hydrogens is 310 g/mol. The van der Waals surface area contributed by atoms with Crippen molar-refractivity contribution in [2.45, 2.75) is 11.4 Å². The third kappa shape index (κ3) is 2.47. The zero-order valence-corrected chi connectivity index (χ0v) is 13.0. The number of carbonyl (C=O) groups excluding carboxylic acids is 1. The third-order valence-corrected chi connectivity index (χ3v) is 5.91. The van der Waals surface area contributed by atoms with Gasteiger partial charge in [0.15, 0.2) is 0 Å². The van der Waals surface area contributed by atoms with Crippen LogP contribution in [0.1, 0.15) is 0 Å². The van der Waals surface area contributed by atoms with Crippen LogP contribution in [0.4, 0.5) is 0 Å². The highest BCUT2D eigenvalue weighted by Crippen LogP contribution is 2.40. The lowest BCUT2D eigenvalue weighted by Crippen LogP contribution is -2.68. The Labute approximate surface area is 130 Å². The number of nitrogens with two attached hydrogens (primary N) is 1. The molecule has 0 aromatic rings. The maximum absolute atomic E-state index is 11.8. The molecule has 21 heavy (non-hydrogen) atoms. The second-order valence-corrected chi connectivity index (χ2v) is 7.13. The molecule has 1 fully saturated rings. The molecule has 1 amide bonds. The van der Waals surface area contributed by atoms with Crippen LogP contribution in [0.5, 0.6) is 0 Å². The first kappa shape index (κ1) is 14.6. The number of carbonyl (C=O) groups is 2. The second kappa shape index (κ2) is 5.43. The van der Waals surface area contributed by atoms with Crippen LogP contribution in [0, 0.1) is 0 Å². The number of fused-ring (bicyclic) bond motifs is 1. The Bertz CT molecular complexity index is 599. The Balaban J connectivity index is 1.88. The number of rotatable bonds is 3. The maximum atomic E-state index is 11.8. The van der Waals surface area contributed by atoms with Gasteiger partial charge in [-0.1, -0.05) is 6.08 Å². The van der Waals surface area contributed by atoms with E-state index in [4.69, 9.17) is 5.73 Å². The van der Waals surface area contributed by atoms with E-state index >= 15 is 0 Å². The van der Waals surface area contributed by atoms with Gasteiger partial charge < -0.3 is 15.7 Å². The maximum Gasteiger partial charge on any atom is 0.352 e. The van der Waals surface area contributed by atoms with Crippen molar-refractivity contribution in [1.29, 1.82) is 0 Å². The number of amides is 1. The molecule has 0 spiro atoms. The lowest BCUT2D eigenvalue weighted by Gasteiger charge is -2.47. The van der Waals surface area contributed by atoms with E-state index in [2.05, 4.69) is 4.90 Å². The van der Waals surface area contributed by atoms with Gasteiger partial charge in [0.25, 0.3) is 0 Å². The van der Waals surface area contributed by atoms with Gasteiger partial charge in [-0.2, -0.15) is 0 Å². The molecule has 0 radical (unpaired) electrons. The molecule has 112 valence electrons. The Morgan fingerprint density at radius 1 is 1.52 bits per heavy atom. The topological polar surface area (TPSA) is 86.9 Å². The smallest absolute Gasteiger partial charge is 0.352 e. The van der Waals surface area contributed by atoms with E-state index in [0.717, 1.165) is 10.8 Å². The standard InChI is InChI=1S/C13H15N3O3S2/c1-15-4-8(21-6-15)3-2-7-5-20-12-9(14)11(17)16(12)10(7)13(18)19/h2-4,9,12H,5-6,14H2,1H3,(H,18,19)/t9-,12+/m1/s1. The molecule has 3 aliphatic heterocycles. The van der Waals surface area contributed by atoms with Crippen LogP contribution < -0.4 is 5.73 Å². The number of hydrogen-bond acceptors (Lipinski definition) is 6. The van der Waals surface area contributed by atoms with Gasteiger partial charge in [-0.3, -0.25) is 9.69 Å². The molecule has 0 aromatic heterocycles. The summed E-state index contributed by atoms with van der Waals surface area (Å²) in [6.45, 7) is 0. The molecule has 1 saturated heterocycles. The lowest BCUT2D eigenvalue weighted by molar-refractivity contribution is -0.147. The lowest BCUT2D eigenvalue weighted by atomic mass is 10.0. The monoisotopic (exact) mass is 325 g/mol. The summed E-state index contributed by atoms with van der Waals surface area (Å²) in [5.74, 6) is 0.0459. The Kier molecular flexibility index (Phi) is 3.76. The number of nitrogens with zero attached hydrogens (tertiary/aromatic N) is 2. The summed E-state index contributed by atoms with van der Waals surface area (Å²) in [7, 11) is 1.98. The molecule has 0 aromatic carbocycles. The largest absolute Gasteiger partial charge is 0.477 e. The van der Waals surface area contributed by atoms with Gasteiger partial charge in [0, 0.05) is 23.9 Å². The van der Waals surface area contributed by atoms with Gasteiger partial charge in [0.1, 0.15) is 17.1 Å². The second-order valence-electron chi connectivity index (χ2n) is 5.01. The summed E-state index contributed by atoms with van der Waals surface area (Å²) in [5.41, 5.74) is 6.43. The fourth-order valence-electron chi connectivity index (χ4n) is 2.41. The number of carboxylic acid groups (broad SMARTS) is 1. The van der Waals surface area contributed by atoms with Crippen molar-refractivity contribution in [2.75, 3.05) is 18.7 Å². The predicted octanol–water partition coefficient (Wildman–Crippen LogP) is 0.601. The highest BCUT2D eigenvalue weighted by molar-refractivity contribution is 8.03. The zero-order chi connectivity index (χ0) is 15.1. The number of hydrogen-bond donors (Lipinski definition) is 2. The van der Waals surface area contributed by atoms with Gasteiger partial charge in [-0.05, 0) is 11.6 Å². The predicted molar refractivity (Wildman–Crippen MR) is 83.2 cm³/mol. The van der Waals surface area contributed by atoms with Crippen LogP contribution in [0.3, 0.4) is 0 Å². The third-order valence-electron chi connectivity index (χ3n) is 3.47. The molecule has 0 saturated carbocycles. The van der Waals surface area contributed by atoms with E-state index in [0.29, 0.717) is 11.3 Å². The minimum Gasteiger partial charge on any atom is -0.477 e. The fraction of sp³-hybridized carbons (Fsp3) is 0.385. The van der Waals surface area contributed by atoms with Crippen molar-refractivity contribution >= 4 is 35.4 Å². The van der Waals surface area contributed by atoms with Crippen LogP contribution in [0.25, 0.3) is 0 Å². The quantitative estimate of drug-likeness (QED) is 0.735. The van der Waals surface area contributed by atoms with Crippen LogP contribution in [-0.2, 0) is 9.59 Å². The molecular formula is C13H15N3O3S2. The minimum absolute atomic E-state index is 0.0682. The fourth-order valence-corrected chi connectivity index (χ4v) is 4.52. The highest BCUT2D eigenvalue weighted by atomic mass is 32.2. The van der Waals surface area contributed by atoms with Crippen LogP contribution in [-0.4, -0.2) is 56.9 Å². The van der Waals surface area contributed by atoms with E-state index in [1.165, 1.54) is 16.7 Å². The SMILES string of the molecule is CN1C=C(C=CC2=C(C(=O)O)N3C(=O)[C@@H](N)[C@@H]3SC2)SC1. The van der Waals surface area contributed by atoms with Crippen LogP contribution in [0.15, 0.2) is 34.5 Å². The van der Waals surface area contributed by atoms with Gasteiger partial charge >= 0.3 is 5.97 Å². The van der Waals surface area contributed by atoms with Crippen molar-refractivity contribution in [1.82, 2.24) is 9.80 Å². The summed E-state index contributed by atoms with van der Waals surface area (Å²) in [4.78, 5) is 27.7. The van der Waals surface area contributed by atoms with Crippen molar-refractivity contribution < 1.29 is 14.7 Å². The normalized spacial score (nSPS) is 28.9. The summed E-state index contributed by atoms with van der Waals surface area (Å²) >= 11 is 3.20. The van der Waals surface area contributed by atoms with Crippen molar-refractivity contribution in [2.24, 2.45) is 5.73 Å². The molecule has 0 aliphatic carbocycles. The summed E-state index contributed by atoms with van der Waals surface area (Å²) in [5, 5.41) is 9.16. The van der Waals surface area contributed by atoms with Gasteiger partial charge in [-0.25, -0.2) is 4.79 Å². The summed E-state index contributed by atoms with van der Waals surface area (Å²) in [6, 6.07) is -0.586. The molecule has 3 rings (SSSR count). The number of β-lactam (4-membered cyclic amide) rings is 1. The van der Waals surface area contributed by atoms with Crippen molar-refractivity contribution in [3.8, 4) is 0 Å². The molecule has 8 heteroatoms. The average molecular weight is 325 g/mol. The molecule has 3 aliphatic rings. The molecule has 0 bridgehead atoms. The van der Waals surface area contributed by atoms with Gasteiger partial charge in [-0.15, -0.1) is 23.5 Å².